The third kappa shape index (κ3) is 2.29. The summed E-state index contributed by atoms with van der Waals surface area (Å²) in [5.74, 6) is 0. The Morgan fingerprint density at radius 2 is 1.79 bits per heavy atom. The molecule has 1 saturated carbocycles. The van der Waals surface area contributed by atoms with E-state index in [1.807, 2.05) is 0 Å². The Morgan fingerprint density at radius 1 is 1.07 bits per heavy atom. The first-order chi connectivity index (χ1) is 6.77. The van der Waals surface area contributed by atoms with Crippen molar-refractivity contribution >= 4 is 0 Å². The fraction of sp³-hybridized carbons (Fsp3) is 1.00. The Labute approximate surface area is 88.1 Å². The first-order valence-electron chi connectivity index (χ1n) is 6.26. The third-order valence-corrected chi connectivity index (χ3v) is 3.86. The minimum atomic E-state index is 0.688. The molecule has 2 rings (SSSR count). The SMILES string of the molecule is CC1CN(C2CCCCC2)C(C)CN1. The molecule has 1 N–H and O–H groups in total. The Bertz CT molecular complexity index is 175. The van der Waals surface area contributed by atoms with Crippen LogP contribution in [0.4, 0.5) is 0 Å². The molecule has 0 aromatic carbocycles. The van der Waals surface area contributed by atoms with Crippen LogP contribution in [0.25, 0.3) is 0 Å². The lowest BCUT2D eigenvalue weighted by molar-refractivity contribution is 0.0738. The van der Waals surface area contributed by atoms with Crippen molar-refractivity contribution in [3.63, 3.8) is 0 Å². The molecule has 0 aromatic heterocycles. The van der Waals surface area contributed by atoms with Crippen molar-refractivity contribution in [1.82, 2.24) is 10.2 Å². The molecule has 82 valence electrons. The van der Waals surface area contributed by atoms with Gasteiger partial charge < -0.3 is 5.32 Å². The monoisotopic (exact) mass is 196 g/mol. The zero-order chi connectivity index (χ0) is 9.97. The fourth-order valence-electron chi connectivity index (χ4n) is 2.97. The highest BCUT2D eigenvalue weighted by Gasteiger charge is 2.29. The average Bonchev–Trinajstić information content (AvgIpc) is 2.23. The minimum Gasteiger partial charge on any atom is -0.311 e. The number of rotatable bonds is 1. The number of hydrogen-bond donors (Lipinski definition) is 1. The van der Waals surface area contributed by atoms with Gasteiger partial charge in [0.15, 0.2) is 0 Å². The average molecular weight is 196 g/mol. The molecule has 0 aromatic rings. The summed E-state index contributed by atoms with van der Waals surface area (Å²) in [7, 11) is 0. The first-order valence-corrected chi connectivity index (χ1v) is 6.26. The molecule has 2 aliphatic rings. The second-order valence-corrected chi connectivity index (χ2v) is 5.15. The van der Waals surface area contributed by atoms with Gasteiger partial charge in [-0.05, 0) is 26.7 Å². The molecule has 2 fully saturated rings. The molecule has 2 heteroatoms. The van der Waals surface area contributed by atoms with Crippen molar-refractivity contribution in [2.24, 2.45) is 0 Å². The minimum absolute atomic E-state index is 0.688. The summed E-state index contributed by atoms with van der Waals surface area (Å²) in [5, 5.41) is 3.56. The molecular weight excluding hydrogens is 172 g/mol. The Morgan fingerprint density at radius 3 is 2.50 bits per heavy atom. The van der Waals surface area contributed by atoms with Gasteiger partial charge in [0.25, 0.3) is 0 Å². The van der Waals surface area contributed by atoms with E-state index in [9.17, 15) is 0 Å². The van der Waals surface area contributed by atoms with Crippen molar-refractivity contribution < 1.29 is 0 Å². The molecule has 2 atom stereocenters. The fourth-order valence-corrected chi connectivity index (χ4v) is 2.97. The Hall–Kier alpha value is -0.0800. The summed E-state index contributed by atoms with van der Waals surface area (Å²) in [6.45, 7) is 7.11. The van der Waals surface area contributed by atoms with Crippen LogP contribution in [0.1, 0.15) is 46.0 Å². The standard InChI is InChI=1S/C12H24N2/c1-10-9-14(11(2)8-13-10)12-6-4-3-5-7-12/h10-13H,3-9H2,1-2H3. The first kappa shape index (κ1) is 10.4. The zero-order valence-corrected chi connectivity index (χ0v) is 9.63. The summed E-state index contributed by atoms with van der Waals surface area (Å²) in [6, 6.07) is 2.32. The second-order valence-electron chi connectivity index (χ2n) is 5.15. The van der Waals surface area contributed by atoms with Crippen LogP contribution in [-0.2, 0) is 0 Å². The third-order valence-electron chi connectivity index (χ3n) is 3.86. The van der Waals surface area contributed by atoms with Crippen LogP contribution < -0.4 is 5.32 Å². The van der Waals surface area contributed by atoms with E-state index in [-0.39, 0.29) is 0 Å². The van der Waals surface area contributed by atoms with Crippen molar-refractivity contribution in [2.45, 2.75) is 64.1 Å². The van der Waals surface area contributed by atoms with Gasteiger partial charge in [-0.3, -0.25) is 4.90 Å². The maximum absolute atomic E-state index is 3.56. The largest absolute Gasteiger partial charge is 0.311 e. The van der Waals surface area contributed by atoms with E-state index < -0.39 is 0 Å². The van der Waals surface area contributed by atoms with Crippen LogP contribution in [0.2, 0.25) is 0 Å². The molecule has 14 heavy (non-hydrogen) atoms. The summed E-state index contributed by atoms with van der Waals surface area (Å²) in [5.41, 5.74) is 0. The lowest BCUT2D eigenvalue weighted by atomic mass is 9.92. The van der Waals surface area contributed by atoms with Crippen molar-refractivity contribution in [2.75, 3.05) is 13.1 Å². The Kier molecular flexibility index (Phi) is 3.45. The maximum Gasteiger partial charge on any atom is 0.0196 e. The van der Waals surface area contributed by atoms with Gasteiger partial charge in [0.1, 0.15) is 0 Å². The predicted octanol–water partition coefficient (Wildman–Crippen LogP) is 2.00. The number of nitrogens with zero attached hydrogens (tertiary/aromatic N) is 1. The second kappa shape index (κ2) is 4.63. The van der Waals surface area contributed by atoms with E-state index in [0.717, 1.165) is 12.1 Å². The number of hydrogen-bond acceptors (Lipinski definition) is 2. The summed E-state index contributed by atoms with van der Waals surface area (Å²) < 4.78 is 0. The van der Waals surface area contributed by atoms with Crippen LogP contribution in [0, 0.1) is 0 Å². The van der Waals surface area contributed by atoms with E-state index in [1.54, 1.807) is 0 Å². The van der Waals surface area contributed by atoms with E-state index >= 15 is 0 Å². The number of nitrogens with one attached hydrogen (secondary N) is 1. The molecule has 0 amide bonds. The summed E-state index contributed by atoms with van der Waals surface area (Å²) in [6.07, 6.45) is 7.26. The van der Waals surface area contributed by atoms with Gasteiger partial charge in [0, 0.05) is 31.2 Å². The molecule has 1 aliphatic heterocycles. The maximum atomic E-state index is 3.56. The van der Waals surface area contributed by atoms with Crippen molar-refractivity contribution in [3.05, 3.63) is 0 Å². The normalized spacial score (nSPS) is 37.3. The number of piperazine rings is 1. The predicted molar refractivity (Wildman–Crippen MR) is 60.5 cm³/mol. The van der Waals surface area contributed by atoms with Gasteiger partial charge in [-0.25, -0.2) is 0 Å². The topological polar surface area (TPSA) is 15.3 Å². The molecule has 1 heterocycles. The highest BCUT2D eigenvalue weighted by Crippen LogP contribution is 2.25. The summed E-state index contributed by atoms with van der Waals surface area (Å²) in [4.78, 5) is 2.75. The highest BCUT2D eigenvalue weighted by molar-refractivity contribution is 4.87. The Balaban J connectivity index is 1.92. The van der Waals surface area contributed by atoms with Gasteiger partial charge in [-0.2, -0.15) is 0 Å². The van der Waals surface area contributed by atoms with E-state index in [4.69, 9.17) is 0 Å². The molecule has 0 spiro atoms. The molecule has 2 unspecified atom stereocenters. The van der Waals surface area contributed by atoms with Crippen LogP contribution in [-0.4, -0.2) is 36.1 Å². The smallest absolute Gasteiger partial charge is 0.0196 e. The van der Waals surface area contributed by atoms with E-state index in [2.05, 4.69) is 24.1 Å². The molecule has 0 radical (unpaired) electrons. The van der Waals surface area contributed by atoms with Crippen LogP contribution in [0.15, 0.2) is 0 Å². The van der Waals surface area contributed by atoms with Crippen molar-refractivity contribution in [3.8, 4) is 0 Å². The lowest BCUT2D eigenvalue weighted by Gasteiger charge is -2.44. The highest BCUT2D eigenvalue weighted by atomic mass is 15.2. The van der Waals surface area contributed by atoms with E-state index in [0.29, 0.717) is 6.04 Å². The van der Waals surface area contributed by atoms with Crippen LogP contribution in [0.3, 0.4) is 0 Å². The quantitative estimate of drug-likeness (QED) is 0.690. The van der Waals surface area contributed by atoms with Gasteiger partial charge >= 0.3 is 0 Å². The molecule has 2 nitrogen and oxygen atoms in total. The van der Waals surface area contributed by atoms with Gasteiger partial charge in [0.05, 0.1) is 0 Å². The van der Waals surface area contributed by atoms with Gasteiger partial charge in [0.2, 0.25) is 0 Å². The van der Waals surface area contributed by atoms with Crippen LogP contribution in [0.5, 0.6) is 0 Å². The molecule has 1 aliphatic carbocycles. The van der Waals surface area contributed by atoms with Gasteiger partial charge in [-0.15, -0.1) is 0 Å². The van der Waals surface area contributed by atoms with Gasteiger partial charge in [-0.1, -0.05) is 19.3 Å². The molecule has 0 bridgehead atoms. The van der Waals surface area contributed by atoms with E-state index in [1.165, 1.54) is 45.2 Å². The zero-order valence-electron chi connectivity index (χ0n) is 9.63. The molecule has 1 saturated heterocycles. The van der Waals surface area contributed by atoms with Crippen molar-refractivity contribution in [1.29, 1.82) is 0 Å². The lowest BCUT2D eigenvalue weighted by Crippen LogP contribution is -2.57. The summed E-state index contributed by atoms with van der Waals surface area (Å²) >= 11 is 0. The molecular formula is C12H24N2. The van der Waals surface area contributed by atoms with Crippen LogP contribution >= 0.6 is 0 Å².